The Labute approximate surface area is 79.3 Å². The minimum Gasteiger partial charge on any atom is -0.465 e. The Morgan fingerprint density at radius 3 is 2.92 bits per heavy atom. The molecule has 70 valence electrons. The van der Waals surface area contributed by atoms with Gasteiger partial charge in [0.1, 0.15) is 10.7 Å². The van der Waals surface area contributed by atoms with Gasteiger partial charge in [-0.1, -0.05) is 11.6 Å². The van der Waals surface area contributed by atoms with Crippen LogP contribution in [-0.2, 0) is 4.74 Å². The summed E-state index contributed by atoms with van der Waals surface area (Å²) >= 11 is 5.53. The average Bonchev–Trinajstić information content (AvgIpc) is 2.16. The van der Waals surface area contributed by atoms with Crippen LogP contribution in [-0.4, -0.2) is 23.3 Å². The molecule has 1 aromatic rings. The van der Waals surface area contributed by atoms with E-state index in [1.165, 1.54) is 19.2 Å². The van der Waals surface area contributed by atoms with Crippen LogP contribution in [0.15, 0.2) is 12.1 Å². The molecule has 0 aromatic carbocycles. The fraction of sp³-hybridized carbons (Fsp3) is 0.143. The van der Waals surface area contributed by atoms with Gasteiger partial charge in [0, 0.05) is 0 Å². The topological polar surface area (TPSA) is 71.5 Å². The third kappa shape index (κ3) is 2.07. The van der Waals surface area contributed by atoms with E-state index in [9.17, 15) is 4.79 Å². The largest absolute Gasteiger partial charge is 0.465 e. The summed E-state index contributed by atoms with van der Waals surface area (Å²) < 4.78 is 4.45. The second-order valence-electron chi connectivity index (χ2n) is 2.13. The van der Waals surface area contributed by atoms with E-state index in [4.69, 9.17) is 16.8 Å². The number of methoxy groups -OCH3 is 1. The van der Waals surface area contributed by atoms with Crippen molar-refractivity contribution in [3.8, 4) is 0 Å². The molecule has 0 aliphatic carbocycles. The Bertz CT molecular complexity index is 330. The molecule has 0 atom stereocenters. The van der Waals surface area contributed by atoms with Crippen molar-refractivity contribution in [2.24, 2.45) is 0 Å². The number of nitrogens with zero attached hydrogens (tertiary/aromatic N) is 1. The quantitative estimate of drug-likeness (QED) is 0.430. The second-order valence-corrected chi connectivity index (χ2v) is 2.52. The van der Waals surface area contributed by atoms with E-state index in [-0.39, 0.29) is 16.5 Å². The highest BCUT2D eigenvalue weighted by molar-refractivity contribution is 6.29. The van der Waals surface area contributed by atoms with Crippen molar-refractivity contribution >= 4 is 23.4 Å². The van der Waals surface area contributed by atoms with Crippen molar-refractivity contribution in [3.63, 3.8) is 0 Å². The molecule has 0 fully saturated rings. The van der Waals surface area contributed by atoms with E-state index < -0.39 is 5.97 Å². The summed E-state index contributed by atoms with van der Waals surface area (Å²) in [5.74, 6) is -0.625. The Morgan fingerprint density at radius 1 is 1.69 bits per heavy atom. The number of hydrogen-bond acceptors (Lipinski definition) is 5. The molecule has 6 heteroatoms. The molecule has 0 unspecified atom stereocenters. The van der Waals surface area contributed by atoms with Crippen molar-refractivity contribution in [2.45, 2.75) is 0 Å². The van der Waals surface area contributed by atoms with Crippen molar-refractivity contribution in [3.05, 3.63) is 22.8 Å². The molecular formula is C7H7ClN2O3. The maximum absolute atomic E-state index is 11.0. The lowest BCUT2D eigenvalue weighted by Gasteiger charge is -2.04. The van der Waals surface area contributed by atoms with Crippen LogP contribution in [0.25, 0.3) is 0 Å². The Balaban J connectivity index is 3.13. The van der Waals surface area contributed by atoms with Gasteiger partial charge in [0.05, 0.1) is 7.11 Å². The number of pyridine rings is 1. The Morgan fingerprint density at radius 2 is 2.38 bits per heavy atom. The van der Waals surface area contributed by atoms with Crippen molar-refractivity contribution in [1.82, 2.24) is 4.98 Å². The van der Waals surface area contributed by atoms with Gasteiger partial charge in [0.15, 0.2) is 5.82 Å². The van der Waals surface area contributed by atoms with Crippen molar-refractivity contribution < 1.29 is 14.7 Å². The molecule has 0 bridgehead atoms. The zero-order chi connectivity index (χ0) is 9.84. The van der Waals surface area contributed by atoms with Gasteiger partial charge >= 0.3 is 5.97 Å². The predicted octanol–water partition coefficient (Wildman–Crippen LogP) is 1.32. The SMILES string of the molecule is COC(=O)c1ccc(Cl)nc1NO. The van der Waals surface area contributed by atoms with Gasteiger partial charge in [-0.25, -0.2) is 9.78 Å². The predicted molar refractivity (Wildman–Crippen MR) is 46.0 cm³/mol. The third-order valence-electron chi connectivity index (χ3n) is 1.37. The number of rotatable bonds is 2. The monoisotopic (exact) mass is 202 g/mol. The molecule has 13 heavy (non-hydrogen) atoms. The van der Waals surface area contributed by atoms with Gasteiger partial charge in [0.25, 0.3) is 0 Å². The number of carbonyl (C=O) groups is 1. The van der Waals surface area contributed by atoms with E-state index >= 15 is 0 Å². The second kappa shape index (κ2) is 4.06. The first kappa shape index (κ1) is 9.76. The number of esters is 1. The standard InChI is InChI=1S/C7H7ClN2O3/c1-13-7(11)4-2-3-5(8)9-6(4)10-12/h2-3,12H,1H3,(H,9,10). The van der Waals surface area contributed by atoms with Gasteiger partial charge in [-0.15, -0.1) is 0 Å². The lowest BCUT2D eigenvalue weighted by Crippen LogP contribution is -2.07. The molecular weight excluding hydrogens is 196 g/mol. The molecule has 2 N–H and O–H groups in total. The highest BCUT2D eigenvalue weighted by Crippen LogP contribution is 2.16. The number of carbonyl (C=O) groups excluding carboxylic acids is 1. The number of nitrogens with one attached hydrogen (secondary N) is 1. The molecule has 0 aliphatic rings. The smallest absolute Gasteiger partial charge is 0.341 e. The Kier molecular flexibility index (Phi) is 3.05. The van der Waals surface area contributed by atoms with Gasteiger partial charge < -0.3 is 4.74 Å². The van der Waals surface area contributed by atoms with Crippen LogP contribution in [0.2, 0.25) is 5.15 Å². The number of ether oxygens (including phenoxy) is 1. The van der Waals surface area contributed by atoms with Gasteiger partial charge in [0.2, 0.25) is 0 Å². The van der Waals surface area contributed by atoms with E-state index in [2.05, 4.69) is 9.72 Å². The molecule has 0 aliphatic heterocycles. The van der Waals surface area contributed by atoms with E-state index in [0.29, 0.717) is 0 Å². The molecule has 0 radical (unpaired) electrons. The summed E-state index contributed by atoms with van der Waals surface area (Å²) in [5.41, 5.74) is 1.88. The number of anilines is 1. The molecule has 0 saturated heterocycles. The number of aromatic nitrogens is 1. The highest BCUT2D eigenvalue weighted by atomic mass is 35.5. The number of hydrogen-bond donors (Lipinski definition) is 2. The normalized spacial score (nSPS) is 9.46. The highest BCUT2D eigenvalue weighted by Gasteiger charge is 2.12. The van der Waals surface area contributed by atoms with Crippen LogP contribution in [0, 0.1) is 0 Å². The van der Waals surface area contributed by atoms with Gasteiger partial charge in [-0.2, -0.15) is 0 Å². The molecule has 5 nitrogen and oxygen atoms in total. The van der Waals surface area contributed by atoms with E-state index in [1.807, 2.05) is 0 Å². The minimum atomic E-state index is -0.597. The summed E-state index contributed by atoms with van der Waals surface area (Å²) in [4.78, 5) is 14.7. The number of halogens is 1. The summed E-state index contributed by atoms with van der Waals surface area (Å²) in [6.45, 7) is 0. The van der Waals surface area contributed by atoms with Crippen LogP contribution in [0.1, 0.15) is 10.4 Å². The fourth-order valence-corrected chi connectivity index (χ4v) is 0.943. The van der Waals surface area contributed by atoms with E-state index in [0.717, 1.165) is 0 Å². The van der Waals surface area contributed by atoms with Crippen LogP contribution in [0.4, 0.5) is 5.82 Å². The minimum absolute atomic E-state index is 0.0284. The molecule has 0 amide bonds. The first-order chi connectivity index (χ1) is 6.19. The first-order valence-corrected chi connectivity index (χ1v) is 3.71. The molecule has 1 aromatic heterocycles. The average molecular weight is 203 g/mol. The third-order valence-corrected chi connectivity index (χ3v) is 1.58. The summed E-state index contributed by atoms with van der Waals surface area (Å²) in [5, 5.41) is 8.78. The van der Waals surface area contributed by atoms with Crippen LogP contribution < -0.4 is 5.48 Å². The van der Waals surface area contributed by atoms with Gasteiger partial charge in [-0.3, -0.25) is 10.7 Å². The van der Waals surface area contributed by atoms with Crippen molar-refractivity contribution in [2.75, 3.05) is 12.6 Å². The maximum Gasteiger partial charge on any atom is 0.341 e. The lowest BCUT2D eigenvalue weighted by molar-refractivity contribution is 0.0600. The zero-order valence-electron chi connectivity index (χ0n) is 6.74. The van der Waals surface area contributed by atoms with Crippen LogP contribution >= 0.6 is 11.6 Å². The first-order valence-electron chi connectivity index (χ1n) is 3.34. The molecule has 0 saturated carbocycles. The lowest BCUT2D eigenvalue weighted by atomic mass is 10.2. The maximum atomic E-state index is 11.0. The molecule has 1 heterocycles. The van der Waals surface area contributed by atoms with Crippen molar-refractivity contribution in [1.29, 1.82) is 0 Å². The van der Waals surface area contributed by atoms with Crippen LogP contribution in [0.3, 0.4) is 0 Å². The van der Waals surface area contributed by atoms with Crippen LogP contribution in [0.5, 0.6) is 0 Å². The molecule has 1 rings (SSSR count). The van der Waals surface area contributed by atoms with Gasteiger partial charge in [-0.05, 0) is 12.1 Å². The molecule has 0 spiro atoms. The summed E-state index contributed by atoms with van der Waals surface area (Å²) in [7, 11) is 1.23. The summed E-state index contributed by atoms with van der Waals surface area (Å²) in [6, 6.07) is 2.83. The Hall–Kier alpha value is -1.33. The fourth-order valence-electron chi connectivity index (χ4n) is 0.795. The van der Waals surface area contributed by atoms with E-state index in [1.54, 1.807) is 5.48 Å². The zero-order valence-corrected chi connectivity index (χ0v) is 7.50. The summed E-state index contributed by atoms with van der Waals surface area (Å²) in [6.07, 6.45) is 0.